The molecule has 1 aliphatic carbocycles. The average molecular weight is 293 g/mol. The first-order valence-electron chi connectivity index (χ1n) is 6.77. The molecule has 3 rings (SSSR count). The van der Waals surface area contributed by atoms with E-state index in [1.165, 1.54) is 12.1 Å². The first-order chi connectivity index (χ1) is 10.1. The number of rotatable bonds is 5. The second kappa shape index (κ2) is 5.77. The Balaban J connectivity index is 1.83. The molecule has 0 heterocycles. The van der Waals surface area contributed by atoms with Crippen LogP contribution in [0.2, 0.25) is 0 Å². The SMILES string of the molecule is Fc1ccc(Oc2c(F)cccc2CNC2CC2)cc1F. The molecule has 0 atom stereocenters. The van der Waals surface area contributed by atoms with Gasteiger partial charge in [0.15, 0.2) is 23.2 Å². The minimum atomic E-state index is -1.03. The summed E-state index contributed by atoms with van der Waals surface area (Å²) >= 11 is 0. The summed E-state index contributed by atoms with van der Waals surface area (Å²) in [6.45, 7) is 0.474. The second-order valence-corrected chi connectivity index (χ2v) is 5.06. The molecule has 0 amide bonds. The number of nitrogens with one attached hydrogen (secondary N) is 1. The fourth-order valence-electron chi connectivity index (χ4n) is 2.01. The molecule has 0 radical (unpaired) electrons. The van der Waals surface area contributed by atoms with Crippen LogP contribution in [0.1, 0.15) is 18.4 Å². The monoisotopic (exact) mass is 293 g/mol. The Morgan fingerprint density at radius 3 is 2.52 bits per heavy atom. The molecule has 0 aromatic heterocycles. The Morgan fingerprint density at radius 1 is 1.00 bits per heavy atom. The van der Waals surface area contributed by atoms with Crippen molar-refractivity contribution in [1.82, 2.24) is 5.32 Å². The topological polar surface area (TPSA) is 21.3 Å². The van der Waals surface area contributed by atoms with E-state index in [-0.39, 0.29) is 11.5 Å². The van der Waals surface area contributed by atoms with Crippen LogP contribution in [-0.4, -0.2) is 6.04 Å². The van der Waals surface area contributed by atoms with E-state index in [9.17, 15) is 13.2 Å². The molecule has 0 spiro atoms. The summed E-state index contributed by atoms with van der Waals surface area (Å²) in [6, 6.07) is 8.21. The van der Waals surface area contributed by atoms with E-state index in [0.29, 0.717) is 18.2 Å². The molecule has 110 valence electrons. The number of ether oxygens (including phenoxy) is 1. The summed E-state index contributed by atoms with van der Waals surface area (Å²) in [5.74, 6) is -2.42. The number of para-hydroxylation sites is 1. The summed E-state index contributed by atoms with van der Waals surface area (Å²) in [6.07, 6.45) is 2.24. The highest BCUT2D eigenvalue weighted by Crippen LogP contribution is 2.30. The fourth-order valence-corrected chi connectivity index (χ4v) is 2.01. The zero-order chi connectivity index (χ0) is 14.8. The highest BCUT2D eigenvalue weighted by atomic mass is 19.2. The molecular weight excluding hydrogens is 279 g/mol. The minimum absolute atomic E-state index is 0.0386. The van der Waals surface area contributed by atoms with Gasteiger partial charge in [-0.3, -0.25) is 0 Å². The zero-order valence-electron chi connectivity index (χ0n) is 11.2. The van der Waals surface area contributed by atoms with Crippen molar-refractivity contribution in [1.29, 1.82) is 0 Å². The van der Waals surface area contributed by atoms with Gasteiger partial charge in [-0.1, -0.05) is 12.1 Å². The maximum absolute atomic E-state index is 13.9. The van der Waals surface area contributed by atoms with Crippen LogP contribution in [0.3, 0.4) is 0 Å². The second-order valence-electron chi connectivity index (χ2n) is 5.06. The quantitative estimate of drug-likeness (QED) is 0.894. The fraction of sp³-hybridized carbons (Fsp3) is 0.250. The molecule has 0 aliphatic heterocycles. The van der Waals surface area contributed by atoms with Crippen molar-refractivity contribution < 1.29 is 17.9 Å². The van der Waals surface area contributed by atoms with Crippen LogP contribution in [0, 0.1) is 17.5 Å². The van der Waals surface area contributed by atoms with E-state index >= 15 is 0 Å². The molecule has 2 aromatic carbocycles. The molecule has 0 saturated heterocycles. The van der Waals surface area contributed by atoms with Gasteiger partial charge < -0.3 is 10.1 Å². The Labute approximate surface area is 120 Å². The van der Waals surface area contributed by atoms with Gasteiger partial charge in [0, 0.05) is 24.2 Å². The average Bonchev–Trinajstić information content (AvgIpc) is 3.28. The van der Waals surface area contributed by atoms with Crippen molar-refractivity contribution in [2.24, 2.45) is 0 Å². The van der Waals surface area contributed by atoms with Crippen LogP contribution in [-0.2, 0) is 6.54 Å². The molecule has 1 saturated carbocycles. The number of benzene rings is 2. The van der Waals surface area contributed by atoms with E-state index in [4.69, 9.17) is 4.74 Å². The predicted octanol–water partition coefficient (Wildman–Crippen LogP) is 4.15. The maximum Gasteiger partial charge on any atom is 0.167 e. The zero-order valence-corrected chi connectivity index (χ0v) is 11.2. The van der Waals surface area contributed by atoms with Crippen LogP contribution in [0.4, 0.5) is 13.2 Å². The van der Waals surface area contributed by atoms with Gasteiger partial charge in [-0.05, 0) is 31.0 Å². The molecular formula is C16H14F3NO. The summed E-state index contributed by atoms with van der Waals surface area (Å²) in [5, 5.41) is 3.27. The molecule has 5 heteroatoms. The lowest BCUT2D eigenvalue weighted by Gasteiger charge is -2.13. The lowest BCUT2D eigenvalue weighted by Crippen LogP contribution is -2.16. The standard InChI is InChI=1S/C16H14F3NO/c17-13-7-6-12(8-15(13)19)21-16-10(2-1-3-14(16)18)9-20-11-4-5-11/h1-3,6-8,11,20H,4-5,9H2. The largest absolute Gasteiger partial charge is 0.454 e. The number of halogens is 3. The smallest absolute Gasteiger partial charge is 0.167 e. The lowest BCUT2D eigenvalue weighted by molar-refractivity contribution is 0.425. The van der Waals surface area contributed by atoms with E-state index in [0.717, 1.165) is 25.0 Å². The molecule has 2 nitrogen and oxygen atoms in total. The summed E-state index contributed by atoms with van der Waals surface area (Å²) in [7, 11) is 0. The van der Waals surface area contributed by atoms with Gasteiger partial charge in [-0.25, -0.2) is 13.2 Å². The highest BCUT2D eigenvalue weighted by Gasteiger charge is 2.21. The predicted molar refractivity (Wildman–Crippen MR) is 72.7 cm³/mol. The Hall–Kier alpha value is -2.01. The third kappa shape index (κ3) is 3.36. The maximum atomic E-state index is 13.9. The van der Waals surface area contributed by atoms with Crippen LogP contribution in [0.15, 0.2) is 36.4 Å². The van der Waals surface area contributed by atoms with Gasteiger partial charge in [-0.2, -0.15) is 0 Å². The Bertz CT molecular complexity index is 656. The van der Waals surface area contributed by atoms with Crippen molar-refractivity contribution >= 4 is 0 Å². The molecule has 0 unspecified atom stereocenters. The third-order valence-corrected chi connectivity index (χ3v) is 3.32. The van der Waals surface area contributed by atoms with Crippen molar-refractivity contribution in [3.63, 3.8) is 0 Å². The van der Waals surface area contributed by atoms with E-state index < -0.39 is 17.5 Å². The van der Waals surface area contributed by atoms with E-state index in [1.807, 2.05) is 0 Å². The van der Waals surface area contributed by atoms with Gasteiger partial charge in [0.25, 0.3) is 0 Å². The summed E-state index contributed by atoms with van der Waals surface area (Å²) in [5.41, 5.74) is 0.645. The van der Waals surface area contributed by atoms with Gasteiger partial charge >= 0.3 is 0 Å². The Kier molecular flexibility index (Phi) is 3.84. The van der Waals surface area contributed by atoms with Crippen LogP contribution < -0.4 is 10.1 Å². The molecule has 21 heavy (non-hydrogen) atoms. The van der Waals surface area contributed by atoms with E-state index in [1.54, 1.807) is 12.1 Å². The normalized spacial score (nSPS) is 14.2. The molecule has 1 aliphatic rings. The van der Waals surface area contributed by atoms with Gasteiger partial charge in [0.1, 0.15) is 5.75 Å². The first-order valence-corrected chi connectivity index (χ1v) is 6.77. The number of hydrogen-bond acceptors (Lipinski definition) is 2. The first kappa shape index (κ1) is 13.9. The van der Waals surface area contributed by atoms with Gasteiger partial charge in [0.2, 0.25) is 0 Å². The van der Waals surface area contributed by atoms with Crippen molar-refractivity contribution in [3.05, 3.63) is 59.4 Å². The summed E-state index contributed by atoms with van der Waals surface area (Å²) < 4.78 is 45.4. The number of hydrogen-bond donors (Lipinski definition) is 1. The third-order valence-electron chi connectivity index (χ3n) is 3.32. The lowest BCUT2D eigenvalue weighted by atomic mass is 10.2. The minimum Gasteiger partial charge on any atom is -0.454 e. The molecule has 1 N–H and O–H groups in total. The molecule has 2 aromatic rings. The van der Waals surface area contributed by atoms with Crippen molar-refractivity contribution in [2.45, 2.75) is 25.4 Å². The van der Waals surface area contributed by atoms with Crippen LogP contribution in [0.5, 0.6) is 11.5 Å². The Morgan fingerprint density at radius 2 is 1.81 bits per heavy atom. The van der Waals surface area contributed by atoms with Gasteiger partial charge in [0.05, 0.1) is 0 Å². The molecule has 0 bridgehead atoms. The van der Waals surface area contributed by atoms with Crippen molar-refractivity contribution in [2.75, 3.05) is 0 Å². The molecule has 1 fully saturated rings. The highest BCUT2D eigenvalue weighted by molar-refractivity contribution is 5.39. The summed E-state index contributed by atoms with van der Waals surface area (Å²) in [4.78, 5) is 0. The van der Waals surface area contributed by atoms with E-state index in [2.05, 4.69) is 5.32 Å². The van der Waals surface area contributed by atoms with Crippen LogP contribution >= 0.6 is 0 Å². The van der Waals surface area contributed by atoms with Gasteiger partial charge in [-0.15, -0.1) is 0 Å². The van der Waals surface area contributed by atoms with Crippen LogP contribution in [0.25, 0.3) is 0 Å². The van der Waals surface area contributed by atoms with Crippen molar-refractivity contribution in [3.8, 4) is 11.5 Å².